The van der Waals surface area contributed by atoms with Gasteiger partial charge in [-0.05, 0) is 24.8 Å². The van der Waals surface area contributed by atoms with Crippen molar-refractivity contribution in [3.8, 4) is 0 Å². The molecule has 0 saturated heterocycles. The Labute approximate surface area is 60.9 Å². The summed E-state index contributed by atoms with van der Waals surface area (Å²) in [4.78, 5) is 0. The summed E-state index contributed by atoms with van der Waals surface area (Å²) in [7, 11) is 0.273. The topological polar surface area (TPSA) is 0 Å². The van der Waals surface area contributed by atoms with E-state index in [0.717, 1.165) is 0 Å². The van der Waals surface area contributed by atoms with E-state index >= 15 is 0 Å². The van der Waals surface area contributed by atoms with Crippen molar-refractivity contribution in [1.82, 2.24) is 0 Å². The van der Waals surface area contributed by atoms with E-state index in [1.54, 1.807) is 0 Å². The van der Waals surface area contributed by atoms with E-state index in [9.17, 15) is 0 Å². The highest BCUT2D eigenvalue weighted by Gasteiger charge is 2.12. The molecule has 1 aliphatic carbocycles. The van der Waals surface area contributed by atoms with Crippen molar-refractivity contribution in [2.45, 2.75) is 38.7 Å². The van der Waals surface area contributed by atoms with Crippen LogP contribution in [-0.4, -0.2) is 9.52 Å². The molecule has 0 aromatic rings. The van der Waals surface area contributed by atoms with Crippen molar-refractivity contribution in [2.24, 2.45) is 0 Å². The third kappa shape index (κ3) is 2.52. The monoisotopic (exact) mass is 140 g/mol. The number of rotatable bonds is 2. The molecule has 52 valence electrons. The van der Waals surface area contributed by atoms with Crippen LogP contribution < -0.4 is 0 Å². The molecule has 1 saturated carbocycles. The van der Waals surface area contributed by atoms with Gasteiger partial charge < -0.3 is 0 Å². The fourth-order valence-electron chi connectivity index (χ4n) is 1.49. The molecule has 0 spiro atoms. The highest BCUT2D eigenvalue weighted by molar-refractivity contribution is 6.42. The maximum Gasteiger partial charge on any atom is 0.0271 e. The number of hydrogen-bond acceptors (Lipinski definition) is 0. The molecule has 2 radical (unpaired) electrons. The van der Waals surface area contributed by atoms with Gasteiger partial charge in [0.05, 0.1) is 0 Å². The van der Waals surface area contributed by atoms with Gasteiger partial charge in [0.1, 0.15) is 0 Å². The Morgan fingerprint density at radius 3 is 2.67 bits per heavy atom. The summed E-state index contributed by atoms with van der Waals surface area (Å²) in [6, 6.07) is 1.48. The van der Waals surface area contributed by atoms with Gasteiger partial charge in [0.15, 0.2) is 0 Å². The Kier molecular flexibility index (Phi) is 3.34. The van der Waals surface area contributed by atoms with Crippen molar-refractivity contribution >= 4 is 9.52 Å². The summed E-state index contributed by atoms with van der Waals surface area (Å²) in [5.74, 6) is 0. The summed E-state index contributed by atoms with van der Waals surface area (Å²) in [5, 5.41) is 0. The van der Waals surface area contributed by atoms with Gasteiger partial charge >= 0.3 is 0 Å². The third-order valence-corrected chi connectivity index (χ3v) is 3.92. The normalized spacial score (nSPS) is 23.7. The van der Waals surface area contributed by atoms with Gasteiger partial charge in [-0.15, -0.1) is 0 Å². The molecule has 9 heavy (non-hydrogen) atoms. The van der Waals surface area contributed by atoms with Crippen LogP contribution in [0.15, 0.2) is 0 Å². The Morgan fingerprint density at radius 1 is 1.44 bits per heavy atom. The fraction of sp³-hybridized carbons (Fsp3) is 0.750. The molecule has 0 aromatic carbocycles. The van der Waals surface area contributed by atoms with E-state index in [-0.39, 0.29) is 9.52 Å². The van der Waals surface area contributed by atoms with E-state index in [4.69, 9.17) is 0 Å². The van der Waals surface area contributed by atoms with Crippen molar-refractivity contribution in [2.75, 3.05) is 0 Å². The lowest BCUT2D eigenvalue weighted by Crippen LogP contribution is -2.10. The second kappa shape index (κ2) is 4.10. The molecule has 1 rings (SSSR count). The minimum Gasteiger partial charge on any atom is -0.0683 e. The molecule has 1 fully saturated rings. The SMILES string of the molecule is CC[SiH2][C]1CC[CH]CC1. The van der Waals surface area contributed by atoms with E-state index < -0.39 is 0 Å². The molecule has 0 bridgehead atoms. The van der Waals surface area contributed by atoms with Crippen LogP contribution in [0.4, 0.5) is 0 Å². The maximum absolute atomic E-state index is 2.44. The molecular formula is C8H16Si. The molecule has 0 unspecified atom stereocenters. The largest absolute Gasteiger partial charge is 0.0683 e. The van der Waals surface area contributed by atoms with Gasteiger partial charge in [-0.3, -0.25) is 0 Å². The zero-order valence-electron chi connectivity index (χ0n) is 6.32. The van der Waals surface area contributed by atoms with Gasteiger partial charge in [-0.2, -0.15) is 0 Å². The van der Waals surface area contributed by atoms with Gasteiger partial charge in [0.25, 0.3) is 0 Å². The number of hydrogen-bond donors (Lipinski definition) is 0. The zero-order chi connectivity index (χ0) is 6.53. The summed E-state index contributed by atoms with van der Waals surface area (Å²) in [5.41, 5.74) is 1.94. The molecule has 0 aromatic heterocycles. The van der Waals surface area contributed by atoms with Crippen molar-refractivity contribution in [3.63, 3.8) is 0 Å². The Bertz CT molecular complexity index is 62.2. The summed E-state index contributed by atoms with van der Waals surface area (Å²) < 4.78 is 0. The zero-order valence-corrected chi connectivity index (χ0v) is 7.73. The highest BCUT2D eigenvalue weighted by atomic mass is 28.2. The van der Waals surface area contributed by atoms with Crippen LogP contribution >= 0.6 is 0 Å². The standard InChI is InChI=1S/C8H16Si/c1-2-9-8-6-4-3-5-7-8/h3H,2,4-7,9H2,1H3. The summed E-state index contributed by atoms with van der Waals surface area (Å²) in [6.07, 6.45) is 8.08. The van der Waals surface area contributed by atoms with Crippen molar-refractivity contribution in [1.29, 1.82) is 0 Å². The molecule has 0 amide bonds. The molecule has 1 heteroatoms. The molecule has 0 N–H and O–H groups in total. The third-order valence-electron chi connectivity index (χ3n) is 2.01. The smallest absolute Gasteiger partial charge is 0.0271 e. The first-order valence-corrected chi connectivity index (χ1v) is 5.79. The first-order valence-electron chi connectivity index (χ1n) is 4.08. The van der Waals surface area contributed by atoms with E-state index in [1.165, 1.54) is 31.7 Å². The quantitative estimate of drug-likeness (QED) is 0.514. The lowest BCUT2D eigenvalue weighted by atomic mass is 10.0. The lowest BCUT2D eigenvalue weighted by Gasteiger charge is -2.19. The minimum atomic E-state index is 0.273. The fourth-order valence-corrected chi connectivity index (χ4v) is 3.10. The first kappa shape index (κ1) is 7.33. The Hall–Kier alpha value is 0.217. The molecule has 1 aliphatic rings. The maximum atomic E-state index is 2.44. The molecule has 0 heterocycles. The van der Waals surface area contributed by atoms with Gasteiger partial charge in [0.2, 0.25) is 0 Å². The average Bonchev–Trinajstić information content (AvgIpc) is 1.91. The van der Waals surface area contributed by atoms with Crippen LogP contribution in [0.5, 0.6) is 0 Å². The van der Waals surface area contributed by atoms with Crippen LogP contribution in [0.3, 0.4) is 0 Å². The predicted octanol–water partition coefficient (Wildman–Crippen LogP) is 1.90. The predicted molar refractivity (Wildman–Crippen MR) is 45.0 cm³/mol. The molecule has 0 aliphatic heterocycles. The Balaban J connectivity index is 2.08. The minimum absolute atomic E-state index is 0.273. The van der Waals surface area contributed by atoms with Crippen LogP contribution in [0.25, 0.3) is 0 Å². The van der Waals surface area contributed by atoms with Gasteiger partial charge in [0, 0.05) is 9.52 Å². The van der Waals surface area contributed by atoms with Gasteiger partial charge in [-0.25, -0.2) is 0 Å². The molecular weight excluding hydrogens is 124 g/mol. The molecule has 0 atom stereocenters. The van der Waals surface area contributed by atoms with Crippen LogP contribution in [0.2, 0.25) is 6.04 Å². The van der Waals surface area contributed by atoms with Crippen LogP contribution in [-0.2, 0) is 0 Å². The lowest BCUT2D eigenvalue weighted by molar-refractivity contribution is 0.684. The molecule has 0 nitrogen and oxygen atoms in total. The van der Waals surface area contributed by atoms with E-state index in [2.05, 4.69) is 13.3 Å². The van der Waals surface area contributed by atoms with Gasteiger partial charge in [-0.1, -0.05) is 25.8 Å². The second-order valence-electron chi connectivity index (χ2n) is 2.87. The van der Waals surface area contributed by atoms with Crippen LogP contribution in [0, 0.1) is 12.0 Å². The van der Waals surface area contributed by atoms with E-state index in [1.807, 2.05) is 5.54 Å². The summed E-state index contributed by atoms with van der Waals surface area (Å²) >= 11 is 0. The van der Waals surface area contributed by atoms with Crippen molar-refractivity contribution in [3.05, 3.63) is 12.0 Å². The van der Waals surface area contributed by atoms with E-state index in [0.29, 0.717) is 0 Å². The average molecular weight is 140 g/mol. The highest BCUT2D eigenvalue weighted by Crippen LogP contribution is 2.23. The summed E-state index contributed by atoms with van der Waals surface area (Å²) in [6.45, 7) is 2.33. The van der Waals surface area contributed by atoms with Crippen LogP contribution in [0.1, 0.15) is 32.6 Å². The first-order chi connectivity index (χ1) is 4.43. The second-order valence-corrected chi connectivity index (χ2v) is 5.37. The van der Waals surface area contributed by atoms with Crippen molar-refractivity contribution < 1.29 is 0 Å². The Morgan fingerprint density at radius 2 is 2.11 bits per heavy atom.